The van der Waals surface area contributed by atoms with E-state index >= 15 is 0 Å². The van der Waals surface area contributed by atoms with Crippen LogP contribution in [0.5, 0.6) is 0 Å². The van der Waals surface area contributed by atoms with Gasteiger partial charge in [-0.15, -0.1) is 5.56 Å². The Labute approximate surface area is 99.9 Å². The van der Waals surface area contributed by atoms with Crippen LogP contribution in [0.1, 0.15) is 5.56 Å². The molecule has 15 heavy (non-hydrogen) atoms. The Morgan fingerprint density at radius 1 is 1.07 bits per heavy atom. The van der Waals surface area contributed by atoms with Gasteiger partial charge in [0.1, 0.15) is 0 Å². The van der Waals surface area contributed by atoms with E-state index in [1.165, 1.54) is 6.08 Å². The summed E-state index contributed by atoms with van der Waals surface area (Å²) in [5.74, 6) is 0. The zero-order valence-corrected chi connectivity index (χ0v) is 9.22. The van der Waals surface area contributed by atoms with Gasteiger partial charge in [0, 0.05) is 23.6 Å². The second-order valence-corrected chi connectivity index (χ2v) is 2.66. The van der Waals surface area contributed by atoms with E-state index in [-0.39, 0.29) is 17.1 Å². The van der Waals surface area contributed by atoms with E-state index in [2.05, 4.69) is 4.99 Å². The van der Waals surface area contributed by atoms with Crippen LogP contribution in [0.4, 0.5) is 0 Å². The first-order chi connectivity index (χ1) is 6.93. The van der Waals surface area contributed by atoms with Gasteiger partial charge >= 0.3 is 0 Å². The molecule has 0 unspecified atom stereocenters. The number of rotatable bonds is 2. The molecule has 0 saturated heterocycles. The van der Waals surface area contributed by atoms with E-state index in [0.717, 1.165) is 5.56 Å². The molecule has 0 fully saturated rings. The fraction of sp³-hybridized carbons (Fsp3) is 0.0833. The van der Waals surface area contributed by atoms with Crippen LogP contribution >= 0.6 is 0 Å². The summed E-state index contributed by atoms with van der Waals surface area (Å²) < 4.78 is 0. The van der Waals surface area contributed by atoms with Gasteiger partial charge < -0.3 is 30.3 Å². The molecule has 2 aromatic rings. The van der Waals surface area contributed by atoms with Crippen molar-refractivity contribution in [2.24, 2.45) is 4.99 Å². The molecule has 0 bridgehead atoms. The first kappa shape index (κ1) is 13.6. The maximum atomic E-state index is 9.61. The normalized spacial score (nSPS) is 7.73. The van der Waals surface area contributed by atoms with Crippen molar-refractivity contribution >= 4 is 6.08 Å². The molecule has 84 valence electrons. The summed E-state index contributed by atoms with van der Waals surface area (Å²) in [6.07, 6.45) is 1.48. The van der Waals surface area contributed by atoms with Gasteiger partial charge in [0.05, 0.1) is 0 Å². The SMILES string of the molecule is O=C=NC[c-]1cccc1.[Fe].[cH-]1[cH-][cH-][cH-][cH-]1. The molecule has 0 atom stereocenters. The third-order valence-corrected chi connectivity index (χ3v) is 1.61. The topological polar surface area (TPSA) is 29.4 Å². The van der Waals surface area contributed by atoms with Crippen molar-refractivity contribution in [2.45, 2.75) is 6.54 Å². The van der Waals surface area contributed by atoms with Crippen molar-refractivity contribution in [1.82, 2.24) is 0 Å². The fourth-order valence-electron chi connectivity index (χ4n) is 0.964. The van der Waals surface area contributed by atoms with Crippen LogP contribution in [-0.4, -0.2) is 6.08 Å². The molecule has 0 radical (unpaired) electrons. The summed E-state index contributed by atoms with van der Waals surface area (Å²) in [7, 11) is 0. The Bertz CT molecular complexity index is 341. The second kappa shape index (κ2) is 9.17. The van der Waals surface area contributed by atoms with E-state index in [9.17, 15) is 4.79 Å². The number of isocyanates is 1. The van der Waals surface area contributed by atoms with Gasteiger partial charge in [-0.1, -0.05) is 0 Å². The van der Waals surface area contributed by atoms with Crippen molar-refractivity contribution in [3.8, 4) is 0 Å². The molecule has 0 aliphatic heterocycles. The molecular formula is C12H11FeNO-6. The molecule has 2 aromatic carbocycles. The van der Waals surface area contributed by atoms with Crippen LogP contribution in [0.15, 0.2) is 59.6 Å². The Hall–Kier alpha value is -1.40. The third-order valence-electron chi connectivity index (χ3n) is 1.61. The van der Waals surface area contributed by atoms with Crippen LogP contribution in [0, 0.1) is 0 Å². The zero-order chi connectivity index (χ0) is 10.1. The predicted molar refractivity (Wildman–Crippen MR) is 55.9 cm³/mol. The molecule has 0 heterocycles. The minimum atomic E-state index is 0. The Morgan fingerprint density at radius 2 is 1.53 bits per heavy atom. The molecule has 0 aromatic heterocycles. The predicted octanol–water partition coefficient (Wildman–Crippen LogP) is 2.64. The van der Waals surface area contributed by atoms with Crippen molar-refractivity contribution in [3.05, 3.63) is 60.2 Å². The number of hydrogen-bond donors (Lipinski definition) is 0. The van der Waals surface area contributed by atoms with Crippen molar-refractivity contribution in [3.63, 3.8) is 0 Å². The van der Waals surface area contributed by atoms with E-state index < -0.39 is 0 Å². The first-order valence-electron chi connectivity index (χ1n) is 4.34. The van der Waals surface area contributed by atoms with E-state index in [0.29, 0.717) is 6.54 Å². The quantitative estimate of drug-likeness (QED) is 0.344. The maximum absolute atomic E-state index is 9.61. The summed E-state index contributed by atoms with van der Waals surface area (Å²) in [6, 6.07) is 17.7. The zero-order valence-electron chi connectivity index (χ0n) is 8.11. The van der Waals surface area contributed by atoms with Gasteiger partial charge in [-0.3, -0.25) is 0 Å². The monoisotopic (exact) mass is 241 g/mol. The average molecular weight is 241 g/mol. The van der Waals surface area contributed by atoms with Gasteiger partial charge in [-0.2, -0.15) is 12.1 Å². The average Bonchev–Trinajstić information content (AvgIpc) is 2.90. The van der Waals surface area contributed by atoms with E-state index in [1.807, 2.05) is 54.6 Å². The second-order valence-electron chi connectivity index (χ2n) is 2.66. The molecule has 2 rings (SSSR count). The van der Waals surface area contributed by atoms with Crippen molar-refractivity contribution in [2.75, 3.05) is 0 Å². The van der Waals surface area contributed by atoms with Crippen LogP contribution in [0.25, 0.3) is 0 Å². The van der Waals surface area contributed by atoms with Gasteiger partial charge in [-0.25, -0.2) is 21.9 Å². The molecule has 0 spiro atoms. The van der Waals surface area contributed by atoms with Gasteiger partial charge in [-0.05, 0) is 0 Å². The molecule has 0 saturated carbocycles. The van der Waals surface area contributed by atoms with Crippen LogP contribution < -0.4 is 0 Å². The maximum Gasteiger partial charge on any atom is 0.234 e. The van der Waals surface area contributed by atoms with Gasteiger partial charge in [0.25, 0.3) is 0 Å². The summed E-state index contributed by atoms with van der Waals surface area (Å²) >= 11 is 0. The van der Waals surface area contributed by atoms with Crippen molar-refractivity contribution in [1.29, 1.82) is 0 Å². The molecule has 0 aliphatic rings. The molecule has 3 heteroatoms. The fourth-order valence-corrected chi connectivity index (χ4v) is 0.964. The Kier molecular flexibility index (Phi) is 8.31. The number of aliphatic imine (C=N–C) groups is 1. The molecule has 2 nitrogen and oxygen atoms in total. The molecule has 0 amide bonds. The van der Waals surface area contributed by atoms with Crippen LogP contribution in [-0.2, 0) is 28.4 Å². The van der Waals surface area contributed by atoms with Crippen LogP contribution in [0.3, 0.4) is 0 Å². The molecular weight excluding hydrogens is 230 g/mol. The third kappa shape index (κ3) is 6.64. The number of carbonyl (C=O) groups excluding carboxylic acids is 1. The Morgan fingerprint density at radius 3 is 1.93 bits per heavy atom. The number of hydrogen-bond acceptors (Lipinski definition) is 2. The minimum absolute atomic E-state index is 0. The summed E-state index contributed by atoms with van der Waals surface area (Å²) in [6.45, 7) is 0.455. The summed E-state index contributed by atoms with van der Waals surface area (Å²) in [5.41, 5.74) is 1.05. The van der Waals surface area contributed by atoms with Crippen molar-refractivity contribution < 1.29 is 21.9 Å². The number of nitrogens with zero attached hydrogens (tertiary/aromatic N) is 1. The van der Waals surface area contributed by atoms with E-state index in [1.54, 1.807) is 0 Å². The first-order valence-corrected chi connectivity index (χ1v) is 4.34. The Balaban J connectivity index is 0.000000280. The molecule has 0 N–H and O–H groups in total. The smallest absolute Gasteiger partial charge is 0.234 e. The van der Waals surface area contributed by atoms with Crippen LogP contribution in [0.2, 0.25) is 0 Å². The van der Waals surface area contributed by atoms with E-state index in [4.69, 9.17) is 0 Å². The van der Waals surface area contributed by atoms with Gasteiger partial charge in [0.15, 0.2) is 0 Å². The minimum Gasteiger partial charge on any atom is -0.748 e. The van der Waals surface area contributed by atoms with Gasteiger partial charge in [0.2, 0.25) is 6.08 Å². The summed E-state index contributed by atoms with van der Waals surface area (Å²) in [5, 5.41) is 0. The largest absolute Gasteiger partial charge is 0.748 e. The standard InChI is InChI=1S/C7H6NO.C5H5.Fe/c9-6-8-5-7-3-1-2-4-7;1-2-4-5-3-1;/h1-4H,5H2;1-5H;/q-1;-5;. The summed E-state index contributed by atoms with van der Waals surface area (Å²) in [4.78, 5) is 13.0. The molecule has 0 aliphatic carbocycles.